The van der Waals surface area contributed by atoms with Crippen LogP contribution in [0.3, 0.4) is 0 Å². The van der Waals surface area contributed by atoms with Gasteiger partial charge in [0.15, 0.2) is 0 Å². The third-order valence-electron chi connectivity index (χ3n) is 5.07. The molecule has 5 heteroatoms. The fourth-order valence-electron chi connectivity index (χ4n) is 3.64. The summed E-state index contributed by atoms with van der Waals surface area (Å²) >= 11 is 0. The third-order valence-corrected chi connectivity index (χ3v) is 5.07. The highest BCUT2D eigenvalue weighted by atomic mass is 16.2. The van der Waals surface area contributed by atoms with Gasteiger partial charge in [0.05, 0.1) is 12.6 Å². The Morgan fingerprint density at radius 1 is 1.04 bits per heavy atom. The van der Waals surface area contributed by atoms with Crippen molar-refractivity contribution < 1.29 is 9.59 Å². The molecule has 1 unspecified atom stereocenters. The molecule has 0 spiro atoms. The minimum Gasteiger partial charge on any atom is -0.348 e. The zero-order valence-electron chi connectivity index (χ0n) is 15.6. The van der Waals surface area contributed by atoms with E-state index in [1.54, 1.807) is 6.92 Å². The monoisotopic (exact) mass is 353 g/mol. The number of hydrogen-bond acceptors (Lipinski definition) is 3. The molecule has 1 atom stereocenters. The van der Waals surface area contributed by atoms with E-state index in [1.807, 2.05) is 30.0 Å². The highest BCUT2D eigenvalue weighted by molar-refractivity contribution is 5.87. The molecular weight excluding hydrogens is 326 g/mol. The summed E-state index contributed by atoms with van der Waals surface area (Å²) in [5.74, 6) is 0.141. The maximum atomic E-state index is 12.5. The van der Waals surface area contributed by atoms with Crippen molar-refractivity contribution in [1.82, 2.24) is 15.1 Å². The van der Waals surface area contributed by atoms with Crippen LogP contribution in [0, 0.1) is 0 Å². The lowest BCUT2D eigenvalue weighted by atomic mass is 10.00. The summed E-state index contributed by atoms with van der Waals surface area (Å²) in [4.78, 5) is 28.0. The van der Waals surface area contributed by atoms with Gasteiger partial charge in [-0.05, 0) is 29.7 Å². The molecule has 0 saturated carbocycles. The van der Waals surface area contributed by atoms with Crippen LogP contribution < -0.4 is 5.32 Å². The van der Waals surface area contributed by atoms with Gasteiger partial charge in [-0.3, -0.25) is 14.5 Å². The first-order valence-electron chi connectivity index (χ1n) is 9.29. The number of carbonyl (C=O) groups excluding carboxylic acids is 2. The minimum absolute atomic E-state index is 0.0294. The van der Waals surface area contributed by atoms with Crippen molar-refractivity contribution in [2.75, 3.05) is 32.7 Å². The molecule has 2 aromatic rings. The Morgan fingerprint density at radius 3 is 2.62 bits per heavy atom. The minimum atomic E-state index is -0.0469. The van der Waals surface area contributed by atoms with Gasteiger partial charge in [-0.2, -0.15) is 0 Å². The topological polar surface area (TPSA) is 52.7 Å². The van der Waals surface area contributed by atoms with Crippen molar-refractivity contribution >= 4 is 22.6 Å². The Kier molecular flexibility index (Phi) is 5.89. The third kappa shape index (κ3) is 4.41. The second kappa shape index (κ2) is 8.32. The van der Waals surface area contributed by atoms with Gasteiger partial charge in [-0.15, -0.1) is 0 Å². The summed E-state index contributed by atoms with van der Waals surface area (Å²) in [6, 6.07) is 14.4. The molecule has 1 N–H and O–H groups in total. The number of rotatable bonds is 4. The van der Waals surface area contributed by atoms with Gasteiger partial charge in [-0.25, -0.2) is 0 Å². The smallest absolute Gasteiger partial charge is 0.234 e. The van der Waals surface area contributed by atoms with Crippen molar-refractivity contribution in [1.29, 1.82) is 0 Å². The molecule has 2 aromatic carbocycles. The van der Waals surface area contributed by atoms with Gasteiger partial charge in [0.2, 0.25) is 11.8 Å². The summed E-state index contributed by atoms with van der Waals surface area (Å²) in [5, 5.41) is 5.49. The molecule has 1 fully saturated rings. The molecule has 26 heavy (non-hydrogen) atoms. The van der Waals surface area contributed by atoms with Crippen molar-refractivity contribution in [2.24, 2.45) is 0 Å². The summed E-state index contributed by atoms with van der Waals surface area (Å²) in [7, 11) is 0. The van der Waals surface area contributed by atoms with Crippen LogP contribution in [0.4, 0.5) is 0 Å². The van der Waals surface area contributed by atoms with E-state index in [4.69, 9.17) is 0 Å². The molecule has 0 bridgehead atoms. The molecule has 138 valence electrons. The van der Waals surface area contributed by atoms with E-state index < -0.39 is 0 Å². The lowest BCUT2D eigenvalue weighted by molar-refractivity contribution is -0.128. The van der Waals surface area contributed by atoms with Crippen LogP contribution in [0.25, 0.3) is 10.8 Å². The second-order valence-corrected chi connectivity index (χ2v) is 6.99. The zero-order chi connectivity index (χ0) is 18.5. The number of carbonyl (C=O) groups is 2. The highest BCUT2D eigenvalue weighted by Crippen LogP contribution is 2.23. The molecule has 0 radical (unpaired) electrons. The van der Waals surface area contributed by atoms with E-state index in [0.717, 1.165) is 31.6 Å². The molecule has 1 heterocycles. The van der Waals surface area contributed by atoms with Gasteiger partial charge >= 0.3 is 0 Å². The maximum Gasteiger partial charge on any atom is 0.234 e. The van der Waals surface area contributed by atoms with E-state index >= 15 is 0 Å². The van der Waals surface area contributed by atoms with E-state index in [-0.39, 0.29) is 17.9 Å². The molecular formula is C21H27N3O2. The predicted octanol–water partition coefficient (Wildman–Crippen LogP) is 2.57. The molecule has 5 nitrogen and oxygen atoms in total. The predicted molar refractivity (Wildman–Crippen MR) is 104 cm³/mol. The van der Waals surface area contributed by atoms with E-state index in [0.29, 0.717) is 13.1 Å². The summed E-state index contributed by atoms with van der Waals surface area (Å²) in [6.45, 7) is 7.07. The largest absolute Gasteiger partial charge is 0.348 e. The number of nitrogens with zero attached hydrogens (tertiary/aromatic N) is 2. The molecule has 0 aliphatic carbocycles. The van der Waals surface area contributed by atoms with E-state index in [2.05, 4.69) is 34.5 Å². The summed E-state index contributed by atoms with van der Waals surface area (Å²) in [6.07, 6.45) is 0.908. The normalized spacial score (nSPS) is 16.9. The quantitative estimate of drug-likeness (QED) is 0.919. The van der Waals surface area contributed by atoms with Gasteiger partial charge < -0.3 is 10.2 Å². The van der Waals surface area contributed by atoms with Gasteiger partial charge in [0, 0.05) is 33.1 Å². The van der Waals surface area contributed by atoms with Gasteiger partial charge in [0.25, 0.3) is 0 Å². The molecule has 1 aliphatic heterocycles. The molecule has 1 aliphatic rings. The number of fused-ring (bicyclic) bond motifs is 1. The Labute approximate surface area is 155 Å². The fraction of sp³-hybridized carbons (Fsp3) is 0.429. The first kappa shape index (κ1) is 18.4. The average molecular weight is 353 g/mol. The number of nitrogens with one attached hydrogen (secondary N) is 1. The lowest BCUT2D eigenvalue weighted by Gasteiger charge is -2.22. The van der Waals surface area contributed by atoms with Gasteiger partial charge in [0.1, 0.15) is 0 Å². The molecule has 2 amide bonds. The average Bonchev–Trinajstić information content (AvgIpc) is 2.86. The van der Waals surface area contributed by atoms with Crippen LogP contribution in [0.15, 0.2) is 42.5 Å². The highest BCUT2D eigenvalue weighted by Gasteiger charge is 2.19. The lowest BCUT2D eigenvalue weighted by Crippen LogP contribution is -2.40. The zero-order valence-corrected chi connectivity index (χ0v) is 15.6. The van der Waals surface area contributed by atoms with Crippen molar-refractivity contribution in [3.05, 3.63) is 48.0 Å². The Hall–Kier alpha value is -2.40. The van der Waals surface area contributed by atoms with E-state index in [9.17, 15) is 9.59 Å². The van der Waals surface area contributed by atoms with Crippen LogP contribution in [0.2, 0.25) is 0 Å². The summed E-state index contributed by atoms with van der Waals surface area (Å²) in [5.41, 5.74) is 1.13. The SMILES string of the molecule is CC(=O)N1CCCN(CC(=O)NC(C)c2cccc3ccccc23)CC1. The molecule has 3 rings (SSSR count). The van der Waals surface area contributed by atoms with E-state index in [1.165, 1.54) is 10.8 Å². The first-order valence-corrected chi connectivity index (χ1v) is 9.29. The first-order chi connectivity index (χ1) is 12.5. The van der Waals surface area contributed by atoms with Crippen LogP contribution >= 0.6 is 0 Å². The second-order valence-electron chi connectivity index (χ2n) is 6.99. The summed E-state index contributed by atoms with van der Waals surface area (Å²) < 4.78 is 0. The van der Waals surface area contributed by atoms with Crippen LogP contribution in [-0.4, -0.2) is 54.3 Å². The molecule has 0 aromatic heterocycles. The Bertz CT molecular complexity index is 784. The fourth-order valence-corrected chi connectivity index (χ4v) is 3.64. The van der Waals surface area contributed by atoms with Crippen molar-refractivity contribution in [3.8, 4) is 0 Å². The Morgan fingerprint density at radius 2 is 1.81 bits per heavy atom. The maximum absolute atomic E-state index is 12.5. The van der Waals surface area contributed by atoms with Crippen molar-refractivity contribution in [3.63, 3.8) is 0 Å². The standard InChI is InChI=1S/C21H27N3O2/c1-16(19-10-5-8-18-7-3-4-9-20(18)19)22-21(26)15-23-11-6-12-24(14-13-23)17(2)25/h3-5,7-10,16H,6,11-15H2,1-2H3,(H,22,26). The van der Waals surface area contributed by atoms with Gasteiger partial charge in [-0.1, -0.05) is 42.5 Å². The molecule has 1 saturated heterocycles. The number of hydrogen-bond donors (Lipinski definition) is 1. The number of benzene rings is 2. The van der Waals surface area contributed by atoms with Crippen LogP contribution in [-0.2, 0) is 9.59 Å². The van der Waals surface area contributed by atoms with Crippen molar-refractivity contribution in [2.45, 2.75) is 26.3 Å². The number of amides is 2. The van der Waals surface area contributed by atoms with Crippen LogP contribution in [0.5, 0.6) is 0 Å². The Balaban J connectivity index is 1.60. The van der Waals surface area contributed by atoms with Crippen LogP contribution in [0.1, 0.15) is 31.9 Å².